The van der Waals surface area contributed by atoms with Crippen LogP contribution in [0.2, 0.25) is 0 Å². The molecule has 1 heterocycles. The van der Waals surface area contributed by atoms with Gasteiger partial charge in [-0.1, -0.05) is 48.5 Å². The van der Waals surface area contributed by atoms with Gasteiger partial charge >= 0.3 is 12.1 Å². The molecule has 3 atom stereocenters. The van der Waals surface area contributed by atoms with Crippen LogP contribution in [0.25, 0.3) is 11.1 Å². The third-order valence-electron chi connectivity index (χ3n) is 6.18. The molecule has 1 fully saturated rings. The largest absolute Gasteiger partial charge is 0.480 e. The highest BCUT2D eigenvalue weighted by Crippen LogP contribution is 2.44. The van der Waals surface area contributed by atoms with E-state index in [1.165, 1.54) is 7.11 Å². The smallest absolute Gasteiger partial charge is 0.407 e. The van der Waals surface area contributed by atoms with Crippen molar-refractivity contribution in [2.75, 3.05) is 26.8 Å². The topological polar surface area (TPSA) is 125 Å². The molecule has 1 saturated heterocycles. The summed E-state index contributed by atoms with van der Waals surface area (Å²) in [6.45, 7) is -0.156. The first-order valence-corrected chi connectivity index (χ1v) is 10.7. The molecule has 0 spiro atoms. The fraction of sp³-hybridized carbons (Fsp3) is 0.375. The van der Waals surface area contributed by atoms with Gasteiger partial charge in [-0.15, -0.1) is 0 Å². The van der Waals surface area contributed by atoms with E-state index in [4.69, 9.17) is 9.47 Å². The highest BCUT2D eigenvalue weighted by molar-refractivity contribution is 5.87. The van der Waals surface area contributed by atoms with Crippen molar-refractivity contribution in [3.8, 4) is 11.1 Å². The molecular formula is C24H26N2O7. The van der Waals surface area contributed by atoms with E-state index in [-0.39, 0.29) is 32.0 Å². The van der Waals surface area contributed by atoms with Crippen molar-refractivity contribution < 1.29 is 34.1 Å². The maximum absolute atomic E-state index is 12.7. The Kier molecular flexibility index (Phi) is 6.62. The minimum atomic E-state index is -1.20. The fourth-order valence-electron chi connectivity index (χ4n) is 4.57. The van der Waals surface area contributed by atoms with Gasteiger partial charge in [-0.05, 0) is 22.3 Å². The number of fused-ring (bicyclic) bond motifs is 3. The van der Waals surface area contributed by atoms with Gasteiger partial charge in [0.15, 0.2) is 6.10 Å². The zero-order valence-corrected chi connectivity index (χ0v) is 18.1. The number of carbonyl (C=O) groups excluding carboxylic acids is 2. The SMILES string of the molecule is COC(CNC(=O)OCC1c2ccccc2-c2ccccc21)C(=O)N1C[C@H](O)C[C@@H]1C(=O)O. The molecule has 0 saturated carbocycles. The van der Waals surface area contributed by atoms with Crippen molar-refractivity contribution >= 4 is 18.0 Å². The number of aliphatic hydroxyl groups excluding tert-OH is 1. The number of nitrogens with zero attached hydrogens (tertiary/aromatic N) is 1. The number of methoxy groups -OCH3 is 1. The molecule has 1 unspecified atom stereocenters. The molecule has 2 aromatic rings. The number of carboxylic acid groups (broad SMARTS) is 1. The molecular weight excluding hydrogens is 428 g/mol. The minimum Gasteiger partial charge on any atom is -0.480 e. The van der Waals surface area contributed by atoms with Crippen LogP contribution in [0.5, 0.6) is 0 Å². The Morgan fingerprint density at radius 3 is 2.27 bits per heavy atom. The first-order valence-electron chi connectivity index (χ1n) is 10.7. The number of likely N-dealkylation sites (tertiary alicyclic amines) is 1. The summed E-state index contributed by atoms with van der Waals surface area (Å²) in [4.78, 5) is 37.5. The number of β-amino-alcohol motifs (C(OH)–C–C–N with tert-alkyl or cyclic N) is 1. The number of rotatable bonds is 7. The van der Waals surface area contributed by atoms with Crippen molar-refractivity contribution in [2.45, 2.75) is 30.6 Å². The molecule has 2 amide bonds. The first-order chi connectivity index (χ1) is 15.9. The molecule has 1 aliphatic carbocycles. The summed E-state index contributed by atoms with van der Waals surface area (Å²) in [6.07, 6.45) is -2.76. The fourth-order valence-corrected chi connectivity index (χ4v) is 4.57. The molecule has 4 rings (SSSR count). The average molecular weight is 454 g/mol. The number of ether oxygens (including phenoxy) is 2. The Labute approximate surface area is 190 Å². The van der Waals surface area contributed by atoms with Crippen LogP contribution in [0, 0.1) is 0 Å². The number of hydrogen-bond donors (Lipinski definition) is 3. The zero-order chi connectivity index (χ0) is 23.5. The molecule has 0 bridgehead atoms. The molecule has 2 aliphatic rings. The lowest BCUT2D eigenvalue weighted by atomic mass is 9.98. The zero-order valence-electron chi connectivity index (χ0n) is 18.1. The van der Waals surface area contributed by atoms with Crippen LogP contribution < -0.4 is 5.32 Å². The van der Waals surface area contributed by atoms with Gasteiger partial charge < -0.3 is 29.9 Å². The summed E-state index contributed by atoms with van der Waals surface area (Å²) in [6, 6.07) is 14.8. The minimum absolute atomic E-state index is 0.0443. The Balaban J connectivity index is 1.35. The van der Waals surface area contributed by atoms with Gasteiger partial charge in [0.2, 0.25) is 0 Å². The van der Waals surface area contributed by atoms with Crippen molar-refractivity contribution in [1.82, 2.24) is 10.2 Å². The van der Waals surface area contributed by atoms with Gasteiger partial charge in [-0.3, -0.25) is 4.79 Å². The summed E-state index contributed by atoms with van der Waals surface area (Å²) in [5.41, 5.74) is 4.41. The Bertz CT molecular complexity index is 1010. The van der Waals surface area contributed by atoms with Gasteiger partial charge in [0.25, 0.3) is 5.91 Å². The summed E-state index contributed by atoms with van der Waals surface area (Å²) in [5, 5.41) is 21.6. The maximum Gasteiger partial charge on any atom is 0.407 e. The Morgan fingerprint density at radius 1 is 1.09 bits per heavy atom. The molecule has 3 N–H and O–H groups in total. The lowest BCUT2D eigenvalue weighted by molar-refractivity contribution is -0.152. The van der Waals surface area contributed by atoms with Crippen molar-refractivity contribution in [3.05, 3.63) is 59.7 Å². The third-order valence-corrected chi connectivity index (χ3v) is 6.18. The molecule has 174 valence electrons. The van der Waals surface area contributed by atoms with Crippen molar-refractivity contribution in [3.63, 3.8) is 0 Å². The lowest BCUT2D eigenvalue weighted by Gasteiger charge is -2.26. The summed E-state index contributed by atoms with van der Waals surface area (Å²) >= 11 is 0. The van der Waals surface area contributed by atoms with E-state index in [1.54, 1.807) is 0 Å². The van der Waals surface area contributed by atoms with Crippen LogP contribution in [0.3, 0.4) is 0 Å². The lowest BCUT2D eigenvalue weighted by Crippen LogP contribution is -2.49. The van der Waals surface area contributed by atoms with Gasteiger partial charge in [-0.2, -0.15) is 0 Å². The Morgan fingerprint density at radius 2 is 1.70 bits per heavy atom. The van der Waals surface area contributed by atoms with Crippen molar-refractivity contribution in [2.24, 2.45) is 0 Å². The predicted molar refractivity (Wildman–Crippen MR) is 118 cm³/mol. The van der Waals surface area contributed by atoms with Crippen LogP contribution in [0.4, 0.5) is 4.79 Å². The molecule has 2 aromatic carbocycles. The Hall–Kier alpha value is -3.43. The normalized spacial score (nSPS) is 20.1. The number of benzene rings is 2. The molecule has 0 aromatic heterocycles. The standard InChI is InChI=1S/C24H26N2O7/c1-32-21(22(28)26-12-14(27)10-20(26)23(29)30)11-25-24(31)33-13-19-17-8-4-2-6-15(17)16-7-3-5-9-18(16)19/h2-9,14,19-21,27H,10-13H2,1H3,(H,25,31)(H,29,30)/t14-,20-,21?/m1/s1. The average Bonchev–Trinajstić information content (AvgIpc) is 3.36. The second-order valence-corrected chi connectivity index (χ2v) is 8.16. The van der Waals surface area contributed by atoms with E-state index in [2.05, 4.69) is 5.32 Å². The van der Waals surface area contributed by atoms with Gasteiger partial charge in [0.1, 0.15) is 12.6 Å². The number of amides is 2. The van der Waals surface area contributed by atoms with Gasteiger partial charge in [-0.25, -0.2) is 9.59 Å². The summed E-state index contributed by atoms with van der Waals surface area (Å²) in [5.74, 6) is -1.90. The molecule has 9 heteroatoms. The highest BCUT2D eigenvalue weighted by atomic mass is 16.5. The predicted octanol–water partition coefficient (Wildman–Crippen LogP) is 1.59. The maximum atomic E-state index is 12.7. The molecule has 9 nitrogen and oxygen atoms in total. The van der Waals surface area contributed by atoms with Gasteiger partial charge in [0.05, 0.1) is 12.6 Å². The van der Waals surface area contributed by atoms with Gasteiger partial charge in [0, 0.05) is 26.0 Å². The molecule has 33 heavy (non-hydrogen) atoms. The number of nitrogens with one attached hydrogen (secondary N) is 1. The summed E-state index contributed by atoms with van der Waals surface area (Å²) < 4.78 is 10.6. The number of alkyl carbamates (subject to hydrolysis) is 1. The number of carbonyl (C=O) groups is 3. The van der Waals surface area contributed by atoms with Crippen LogP contribution >= 0.6 is 0 Å². The van der Waals surface area contributed by atoms with Crippen LogP contribution in [-0.4, -0.2) is 78.1 Å². The first kappa shape index (κ1) is 22.8. The summed E-state index contributed by atoms with van der Waals surface area (Å²) in [7, 11) is 1.30. The second kappa shape index (κ2) is 9.60. The monoisotopic (exact) mass is 454 g/mol. The second-order valence-electron chi connectivity index (χ2n) is 8.16. The highest BCUT2D eigenvalue weighted by Gasteiger charge is 2.41. The quantitative estimate of drug-likeness (QED) is 0.580. The number of aliphatic hydroxyl groups is 1. The number of carboxylic acids is 1. The molecule has 1 aliphatic heterocycles. The van der Waals surface area contributed by atoms with E-state index in [0.29, 0.717) is 0 Å². The molecule has 0 radical (unpaired) electrons. The van der Waals surface area contributed by atoms with Crippen LogP contribution in [0.15, 0.2) is 48.5 Å². The van der Waals surface area contributed by atoms with E-state index in [0.717, 1.165) is 27.2 Å². The van der Waals surface area contributed by atoms with E-state index >= 15 is 0 Å². The number of aliphatic carboxylic acids is 1. The number of hydrogen-bond acceptors (Lipinski definition) is 6. The van der Waals surface area contributed by atoms with Crippen LogP contribution in [-0.2, 0) is 19.1 Å². The van der Waals surface area contributed by atoms with Crippen LogP contribution in [0.1, 0.15) is 23.5 Å². The van der Waals surface area contributed by atoms with Crippen molar-refractivity contribution in [1.29, 1.82) is 0 Å². The van der Waals surface area contributed by atoms with E-state index < -0.39 is 36.2 Å². The van der Waals surface area contributed by atoms with E-state index in [1.807, 2.05) is 48.5 Å². The van der Waals surface area contributed by atoms with E-state index in [9.17, 15) is 24.6 Å². The third kappa shape index (κ3) is 4.55.